The molecular formula is C12H15F2N3O3. The highest BCUT2D eigenvalue weighted by molar-refractivity contribution is 5.81. The Morgan fingerprint density at radius 3 is 2.65 bits per heavy atom. The summed E-state index contributed by atoms with van der Waals surface area (Å²) in [7, 11) is 0. The van der Waals surface area contributed by atoms with Gasteiger partial charge in [-0.3, -0.25) is 4.79 Å². The Morgan fingerprint density at radius 2 is 2.15 bits per heavy atom. The number of nitrogens with zero attached hydrogens (tertiary/aromatic N) is 3. The van der Waals surface area contributed by atoms with E-state index in [-0.39, 0.29) is 43.8 Å². The van der Waals surface area contributed by atoms with Gasteiger partial charge < -0.3 is 14.7 Å². The first kappa shape index (κ1) is 14.5. The topological polar surface area (TPSA) is 78.0 Å². The van der Waals surface area contributed by atoms with E-state index in [4.69, 9.17) is 0 Å². The molecule has 8 heteroatoms. The van der Waals surface area contributed by atoms with E-state index in [0.717, 1.165) is 0 Å². The van der Waals surface area contributed by atoms with Gasteiger partial charge in [0.25, 0.3) is 0 Å². The summed E-state index contributed by atoms with van der Waals surface area (Å²) < 4.78 is 27.4. The summed E-state index contributed by atoms with van der Waals surface area (Å²) in [6.07, 6.45) is 1.03. The predicted octanol–water partition coefficient (Wildman–Crippen LogP) is 2.49. The van der Waals surface area contributed by atoms with Crippen LogP contribution in [0.4, 0.5) is 14.6 Å². The second kappa shape index (κ2) is 5.26. The molecule has 0 aromatic carbocycles. The highest BCUT2D eigenvalue weighted by Gasteiger charge is 2.37. The van der Waals surface area contributed by atoms with Gasteiger partial charge in [0.1, 0.15) is 5.69 Å². The summed E-state index contributed by atoms with van der Waals surface area (Å²) in [6.45, 7) is 1.45. The molecule has 6 nitrogen and oxygen atoms in total. The quantitative estimate of drug-likeness (QED) is 0.629. The lowest BCUT2D eigenvalue weighted by Crippen LogP contribution is -2.30. The molecule has 0 atom stereocenters. The molecule has 20 heavy (non-hydrogen) atoms. The van der Waals surface area contributed by atoms with Crippen LogP contribution < -0.4 is 0 Å². The molecular weight excluding hydrogens is 272 g/mol. The molecule has 0 saturated heterocycles. The molecule has 1 heterocycles. The summed E-state index contributed by atoms with van der Waals surface area (Å²) in [5, 5.41) is 10.7. The Morgan fingerprint density at radius 1 is 1.55 bits per heavy atom. The first-order chi connectivity index (χ1) is 9.30. The van der Waals surface area contributed by atoms with Gasteiger partial charge >= 0.3 is 5.82 Å². The van der Waals surface area contributed by atoms with Crippen molar-refractivity contribution in [2.24, 2.45) is 5.92 Å². The highest BCUT2D eigenvalue weighted by Crippen LogP contribution is 2.36. The van der Waals surface area contributed by atoms with Gasteiger partial charge in [-0.1, -0.05) is 0 Å². The van der Waals surface area contributed by atoms with Crippen LogP contribution in [0.3, 0.4) is 0 Å². The van der Waals surface area contributed by atoms with Crippen molar-refractivity contribution >= 4 is 11.6 Å². The average molecular weight is 287 g/mol. The maximum atomic E-state index is 13.0. The number of imidazole rings is 1. The van der Waals surface area contributed by atoms with Crippen molar-refractivity contribution in [3.05, 3.63) is 22.1 Å². The standard InChI is InChI=1S/C12H15F2N3O3/c1-8-11(17(19)20)15-7-16(8)6-10(18)9-2-4-12(13,14)5-3-9/h7,9H,2-6H2,1H3. The number of nitro groups is 1. The summed E-state index contributed by atoms with van der Waals surface area (Å²) in [5.41, 5.74) is 0.296. The normalized spacial score (nSPS) is 18.9. The van der Waals surface area contributed by atoms with Gasteiger partial charge in [0, 0.05) is 18.8 Å². The Bertz CT molecular complexity index is 532. The summed E-state index contributed by atoms with van der Waals surface area (Å²) in [6, 6.07) is 0. The minimum atomic E-state index is -2.67. The molecule has 0 unspecified atom stereocenters. The van der Waals surface area contributed by atoms with Crippen LogP contribution in [0.2, 0.25) is 0 Å². The fraction of sp³-hybridized carbons (Fsp3) is 0.667. The molecule has 1 aromatic heterocycles. The number of halogens is 2. The number of ketones is 1. The van der Waals surface area contributed by atoms with E-state index in [9.17, 15) is 23.7 Å². The number of rotatable bonds is 4. The first-order valence-electron chi connectivity index (χ1n) is 6.37. The lowest BCUT2D eigenvalue weighted by Gasteiger charge is -2.27. The van der Waals surface area contributed by atoms with Crippen molar-refractivity contribution in [3.8, 4) is 0 Å². The van der Waals surface area contributed by atoms with Crippen LogP contribution in [0.25, 0.3) is 0 Å². The third kappa shape index (κ3) is 3.00. The van der Waals surface area contributed by atoms with E-state index < -0.39 is 16.8 Å². The number of hydrogen-bond donors (Lipinski definition) is 0. The van der Waals surface area contributed by atoms with Crippen molar-refractivity contribution in [1.82, 2.24) is 9.55 Å². The minimum Gasteiger partial charge on any atom is -0.358 e. The third-order valence-electron chi connectivity index (χ3n) is 3.75. The molecule has 1 aliphatic rings. The molecule has 0 spiro atoms. The zero-order valence-corrected chi connectivity index (χ0v) is 11.0. The van der Waals surface area contributed by atoms with Gasteiger partial charge in [0.05, 0.1) is 6.54 Å². The number of carbonyl (C=O) groups is 1. The van der Waals surface area contributed by atoms with Gasteiger partial charge in [0.15, 0.2) is 5.78 Å². The fourth-order valence-electron chi connectivity index (χ4n) is 2.43. The van der Waals surface area contributed by atoms with Crippen LogP contribution >= 0.6 is 0 Å². The molecule has 2 rings (SSSR count). The molecule has 0 radical (unpaired) electrons. The molecule has 1 aliphatic carbocycles. The fourth-order valence-corrected chi connectivity index (χ4v) is 2.43. The minimum absolute atomic E-state index is 0.0527. The van der Waals surface area contributed by atoms with Crippen molar-refractivity contribution in [2.75, 3.05) is 0 Å². The van der Waals surface area contributed by atoms with Crippen molar-refractivity contribution in [2.45, 2.75) is 45.1 Å². The van der Waals surface area contributed by atoms with E-state index in [2.05, 4.69) is 4.98 Å². The van der Waals surface area contributed by atoms with Crippen LogP contribution in [0, 0.1) is 23.0 Å². The number of carbonyl (C=O) groups excluding carboxylic acids is 1. The molecule has 0 N–H and O–H groups in total. The van der Waals surface area contributed by atoms with Crippen molar-refractivity contribution < 1.29 is 18.5 Å². The van der Waals surface area contributed by atoms with Gasteiger partial charge in [0.2, 0.25) is 12.2 Å². The van der Waals surface area contributed by atoms with E-state index >= 15 is 0 Å². The first-order valence-corrected chi connectivity index (χ1v) is 6.37. The van der Waals surface area contributed by atoms with E-state index in [1.165, 1.54) is 17.8 Å². The van der Waals surface area contributed by atoms with Crippen LogP contribution in [0.1, 0.15) is 31.4 Å². The zero-order chi connectivity index (χ0) is 14.9. The van der Waals surface area contributed by atoms with Crippen LogP contribution in [0.15, 0.2) is 6.33 Å². The Labute approximate surface area is 113 Å². The number of Topliss-reactive ketones (excluding diaryl/α,β-unsaturated/α-hetero) is 1. The third-order valence-corrected chi connectivity index (χ3v) is 3.75. The number of aromatic nitrogens is 2. The largest absolute Gasteiger partial charge is 0.384 e. The monoisotopic (exact) mass is 287 g/mol. The summed E-state index contributed by atoms with van der Waals surface area (Å²) in [4.78, 5) is 25.7. The van der Waals surface area contributed by atoms with Crippen LogP contribution in [-0.2, 0) is 11.3 Å². The Hall–Kier alpha value is -1.86. The number of hydrogen-bond acceptors (Lipinski definition) is 4. The van der Waals surface area contributed by atoms with E-state index in [0.29, 0.717) is 5.69 Å². The molecule has 0 aliphatic heterocycles. The van der Waals surface area contributed by atoms with Gasteiger partial charge in [-0.25, -0.2) is 8.78 Å². The average Bonchev–Trinajstić information content (AvgIpc) is 2.71. The van der Waals surface area contributed by atoms with E-state index in [1.54, 1.807) is 0 Å². The van der Waals surface area contributed by atoms with Gasteiger partial charge in [-0.05, 0) is 29.7 Å². The maximum Gasteiger partial charge on any atom is 0.384 e. The molecule has 0 bridgehead atoms. The Kier molecular flexibility index (Phi) is 3.82. The summed E-state index contributed by atoms with van der Waals surface area (Å²) in [5.74, 6) is -3.51. The molecule has 1 saturated carbocycles. The van der Waals surface area contributed by atoms with E-state index in [1.807, 2.05) is 0 Å². The predicted molar refractivity (Wildman–Crippen MR) is 65.5 cm³/mol. The SMILES string of the molecule is Cc1c([N+](=O)[O-])ncn1CC(=O)C1CCC(F)(F)CC1. The smallest absolute Gasteiger partial charge is 0.358 e. The highest BCUT2D eigenvalue weighted by atomic mass is 19.3. The van der Waals surface area contributed by atoms with Crippen LogP contribution in [-0.4, -0.2) is 26.2 Å². The maximum absolute atomic E-state index is 13.0. The van der Waals surface area contributed by atoms with Crippen molar-refractivity contribution in [3.63, 3.8) is 0 Å². The second-order valence-corrected chi connectivity index (χ2v) is 5.14. The lowest BCUT2D eigenvalue weighted by molar-refractivity contribution is -0.389. The lowest BCUT2D eigenvalue weighted by atomic mass is 9.84. The molecule has 0 amide bonds. The van der Waals surface area contributed by atoms with Crippen LogP contribution in [0.5, 0.6) is 0 Å². The summed E-state index contributed by atoms with van der Waals surface area (Å²) >= 11 is 0. The van der Waals surface area contributed by atoms with Gasteiger partial charge in [-0.2, -0.15) is 0 Å². The molecule has 1 aromatic rings. The van der Waals surface area contributed by atoms with Gasteiger partial charge in [-0.15, -0.1) is 0 Å². The Balaban J connectivity index is 2.00. The second-order valence-electron chi connectivity index (χ2n) is 5.14. The molecule has 110 valence electrons. The van der Waals surface area contributed by atoms with Crippen molar-refractivity contribution in [1.29, 1.82) is 0 Å². The molecule has 1 fully saturated rings. The number of alkyl halides is 2. The zero-order valence-electron chi connectivity index (χ0n) is 11.0.